The fraction of sp³-hybridized carbons (Fsp3) is 0.414. The Kier molecular flexibility index (Phi) is 8.62. The third kappa shape index (κ3) is 6.02. The number of benzene rings is 2. The van der Waals surface area contributed by atoms with Crippen LogP contribution in [-0.2, 0) is 20.8 Å². The molecule has 2 unspecified atom stereocenters. The van der Waals surface area contributed by atoms with Crippen LogP contribution in [0.15, 0.2) is 59.9 Å². The lowest BCUT2D eigenvalue weighted by Crippen LogP contribution is -2.61. The highest BCUT2D eigenvalue weighted by Crippen LogP contribution is 2.41. The van der Waals surface area contributed by atoms with E-state index in [0.29, 0.717) is 18.7 Å². The number of carboxylic acids is 1. The predicted molar refractivity (Wildman–Crippen MR) is 150 cm³/mol. The summed E-state index contributed by atoms with van der Waals surface area (Å²) >= 11 is 0. The summed E-state index contributed by atoms with van der Waals surface area (Å²) in [5.41, 5.74) is 0.892. The first-order chi connectivity index (χ1) is 19.5. The van der Waals surface area contributed by atoms with Crippen LogP contribution in [0.25, 0.3) is 22.5 Å². The van der Waals surface area contributed by atoms with Gasteiger partial charge in [-0.25, -0.2) is 14.7 Å². The molecule has 12 heteroatoms. The zero-order valence-electron chi connectivity index (χ0n) is 23.8. The van der Waals surface area contributed by atoms with Crippen LogP contribution >= 0.6 is 0 Å². The monoisotopic (exact) mass is 564 g/mol. The fourth-order valence-electron chi connectivity index (χ4n) is 5.25. The normalized spacial score (nSPS) is 17.8. The standard InChI is InChI=1S/C29H36N6O6/c1-6-16-29(18(3)41-27(38)40-7-2)30-24(28(4,5)39)23(26(36)37)35(29)17-19-12-14-20(15-13-19)21-10-8-9-11-22(21)25-31-33-34-32-25/h8-15,18,30,39H,6-7,16-17H2,1-5H3,(H,36,37)(H,31,32,33,34). The second kappa shape index (κ2) is 12.0. The first kappa shape index (κ1) is 29.5. The zero-order valence-corrected chi connectivity index (χ0v) is 23.8. The summed E-state index contributed by atoms with van der Waals surface area (Å²) in [4.78, 5) is 26.7. The Balaban J connectivity index is 1.74. The molecule has 0 amide bonds. The van der Waals surface area contributed by atoms with E-state index in [1.54, 1.807) is 18.7 Å². The molecule has 4 N–H and O–H groups in total. The lowest BCUT2D eigenvalue weighted by Gasteiger charge is -2.44. The van der Waals surface area contributed by atoms with Crippen LogP contribution in [-0.4, -0.2) is 71.8 Å². The Labute approximate surface area is 238 Å². The van der Waals surface area contributed by atoms with Crippen molar-refractivity contribution < 1.29 is 29.3 Å². The van der Waals surface area contributed by atoms with Crippen LogP contribution in [0.1, 0.15) is 53.0 Å². The Bertz CT molecular complexity index is 1400. The van der Waals surface area contributed by atoms with Crippen LogP contribution in [0.2, 0.25) is 0 Å². The van der Waals surface area contributed by atoms with E-state index in [4.69, 9.17) is 9.47 Å². The van der Waals surface area contributed by atoms with Gasteiger partial charge in [-0.15, -0.1) is 5.10 Å². The number of hydrogen-bond acceptors (Lipinski definition) is 10. The van der Waals surface area contributed by atoms with E-state index >= 15 is 0 Å². The number of rotatable bonds is 11. The molecule has 2 aromatic carbocycles. The maximum atomic E-state index is 12.7. The molecule has 0 saturated heterocycles. The summed E-state index contributed by atoms with van der Waals surface area (Å²) in [5.74, 6) is -0.662. The van der Waals surface area contributed by atoms with E-state index in [1.807, 2.05) is 55.5 Å². The van der Waals surface area contributed by atoms with Crippen molar-refractivity contribution in [2.45, 2.75) is 71.4 Å². The molecule has 4 rings (SSSR count). The minimum absolute atomic E-state index is 0.0856. The molecule has 0 radical (unpaired) electrons. The summed E-state index contributed by atoms with van der Waals surface area (Å²) in [6.07, 6.45) is -0.632. The van der Waals surface area contributed by atoms with E-state index in [1.165, 1.54) is 13.8 Å². The average molecular weight is 565 g/mol. The highest BCUT2D eigenvalue weighted by atomic mass is 16.7. The number of nitrogens with zero attached hydrogens (tertiary/aromatic N) is 4. The van der Waals surface area contributed by atoms with E-state index in [0.717, 1.165) is 22.3 Å². The summed E-state index contributed by atoms with van der Waals surface area (Å²) in [6.45, 7) is 8.67. The van der Waals surface area contributed by atoms with E-state index < -0.39 is 29.5 Å². The minimum Gasteiger partial charge on any atom is -0.477 e. The van der Waals surface area contributed by atoms with Crippen molar-refractivity contribution in [3.8, 4) is 22.5 Å². The Morgan fingerprint density at radius 2 is 1.78 bits per heavy atom. The molecule has 1 aliphatic heterocycles. The first-order valence-corrected chi connectivity index (χ1v) is 13.5. The molecule has 3 aromatic rings. The summed E-state index contributed by atoms with van der Waals surface area (Å²) < 4.78 is 10.6. The zero-order chi connectivity index (χ0) is 29.8. The smallest absolute Gasteiger partial charge is 0.477 e. The van der Waals surface area contributed by atoms with E-state index in [2.05, 4.69) is 25.9 Å². The number of aliphatic carboxylic acids is 1. The molecule has 2 heterocycles. The van der Waals surface area contributed by atoms with Gasteiger partial charge in [0.25, 0.3) is 0 Å². The molecule has 218 valence electrons. The molecule has 2 atom stereocenters. The number of aromatic amines is 1. The Morgan fingerprint density at radius 3 is 2.34 bits per heavy atom. The molecular weight excluding hydrogens is 528 g/mol. The molecular formula is C29H36N6O6. The van der Waals surface area contributed by atoms with Gasteiger partial charge in [0, 0.05) is 12.1 Å². The van der Waals surface area contributed by atoms with Crippen molar-refractivity contribution in [1.82, 2.24) is 30.8 Å². The van der Waals surface area contributed by atoms with Gasteiger partial charge in [0.15, 0.2) is 5.82 Å². The van der Waals surface area contributed by atoms with Gasteiger partial charge in [0.1, 0.15) is 23.1 Å². The topological polar surface area (TPSA) is 163 Å². The van der Waals surface area contributed by atoms with Gasteiger partial charge in [0.2, 0.25) is 0 Å². The molecule has 0 spiro atoms. The summed E-state index contributed by atoms with van der Waals surface area (Å²) in [6, 6.07) is 15.5. The average Bonchev–Trinajstić information content (AvgIpc) is 3.57. The number of aromatic nitrogens is 4. The van der Waals surface area contributed by atoms with Crippen LogP contribution in [0.5, 0.6) is 0 Å². The quantitative estimate of drug-likeness (QED) is 0.248. The number of aliphatic hydroxyl groups is 1. The molecule has 1 aromatic heterocycles. The molecule has 1 aliphatic rings. The number of carboxylic acid groups (broad SMARTS) is 1. The van der Waals surface area contributed by atoms with Gasteiger partial charge in [-0.3, -0.25) is 0 Å². The fourth-order valence-corrected chi connectivity index (χ4v) is 5.25. The van der Waals surface area contributed by atoms with E-state index in [-0.39, 0.29) is 24.5 Å². The highest BCUT2D eigenvalue weighted by molar-refractivity contribution is 5.88. The second-order valence-corrected chi connectivity index (χ2v) is 10.4. The summed E-state index contributed by atoms with van der Waals surface area (Å²) in [5, 5.41) is 38.8. The third-order valence-corrected chi connectivity index (χ3v) is 7.12. The van der Waals surface area contributed by atoms with Crippen LogP contribution in [0.4, 0.5) is 4.79 Å². The third-order valence-electron chi connectivity index (χ3n) is 7.12. The number of carbonyl (C=O) groups excluding carboxylic acids is 1. The Hall–Kier alpha value is -4.45. The summed E-state index contributed by atoms with van der Waals surface area (Å²) in [7, 11) is 0. The maximum Gasteiger partial charge on any atom is 0.508 e. The highest BCUT2D eigenvalue weighted by Gasteiger charge is 2.54. The second-order valence-electron chi connectivity index (χ2n) is 10.4. The van der Waals surface area contributed by atoms with Gasteiger partial charge >= 0.3 is 12.1 Å². The van der Waals surface area contributed by atoms with Gasteiger partial charge in [0.05, 0.1) is 12.3 Å². The Morgan fingerprint density at radius 1 is 1.10 bits per heavy atom. The molecule has 41 heavy (non-hydrogen) atoms. The van der Waals surface area contributed by atoms with Crippen molar-refractivity contribution in [3.05, 3.63) is 65.5 Å². The number of hydrogen-bond donors (Lipinski definition) is 4. The number of H-pyrrole nitrogens is 1. The lowest BCUT2D eigenvalue weighted by molar-refractivity contribution is -0.136. The predicted octanol–water partition coefficient (Wildman–Crippen LogP) is 4.06. The number of ether oxygens (including phenoxy) is 2. The molecule has 0 fully saturated rings. The van der Waals surface area contributed by atoms with Crippen molar-refractivity contribution in [2.75, 3.05) is 6.61 Å². The van der Waals surface area contributed by atoms with Crippen molar-refractivity contribution in [3.63, 3.8) is 0 Å². The van der Waals surface area contributed by atoms with Gasteiger partial charge < -0.3 is 29.9 Å². The van der Waals surface area contributed by atoms with Crippen molar-refractivity contribution >= 4 is 12.1 Å². The van der Waals surface area contributed by atoms with Gasteiger partial charge in [-0.2, -0.15) is 0 Å². The van der Waals surface area contributed by atoms with Crippen molar-refractivity contribution in [2.24, 2.45) is 0 Å². The van der Waals surface area contributed by atoms with E-state index in [9.17, 15) is 19.8 Å². The van der Waals surface area contributed by atoms with Gasteiger partial charge in [-0.1, -0.05) is 61.9 Å². The molecule has 12 nitrogen and oxygen atoms in total. The molecule has 0 aliphatic carbocycles. The maximum absolute atomic E-state index is 12.7. The lowest BCUT2D eigenvalue weighted by atomic mass is 9.94. The minimum atomic E-state index is -1.51. The van der Waals surface area contributed by atoms with Crippen LogP contribution in [0, 0.1) is 0 Å². The van der Waals surface area contributed by atoms with Crippen LogP contribution < -0.4 is 5.32 Å². The van der Waals surface area contributed by atoms with Crippen LogP contribution in [0.3, 0.4) is 0 Å². The largest absolute Gasteiger partial charge is 0.508 e. The van der Waals surface area contributed by atoms with Crippen molar-refractivity contribution in [1.29, 1.82) is 0 Å². The first-order valence-electron chi connectivity index (χ1n) is 13.5. The SMILES string of the molecule is CCCC1(C(C)OC(=O)OCC)NC(C(C)(C)O)=C(C(=O)O)N1Cc1ccc(-c2ccccc2-c2nnn[nH]2)cc1. The molecule has 0 bridgehead atoms. The number of tetrazole rings is 1. The molecule has 0 saturated carbocycles. The van der Waals surface area contributed by atoms with Gasteiger partial charge in [-0.05, 0) is 61.2 Å². The number of carbonyl (C=O) groups is 2. The number of nitrogens with one attached hydrogen (secondary N) is 2.